The predicted molar refractivity (Wildman–Crippen MR) is 155 cm³/mol. The number of benzene rings is 4. The van der Waals surface area contributed by atoms with Gasteiger partial charge in [-0.3, -0.25) is 0 Å². The molecule has 0 saturated heterocycles. The highest BCUT2D eigenvalue weighted by Crippen LogP contribution is 2.49. The number of hydrogen-bond donors (Lipinski definition) is 1. The van der Waals surface area contributed by atoms with E-state index in [-0.39, 0.29) is 5.92 Å². The Morgan fingerprint density at radius 3 is 2.06 bits per heavy atom. The second kappa shape index (κ2) is 9.56. The van der Waals surface area contributed by atoms with Crippen LogP contribution in [-0.4, -0.2) is 0 Å². The summed E-state index contributed by atoms with van der Waals surface area (Å²) in [6.07, 6.45) is 10.3. The smallest absolute Gasteiger partial charge is 0.0250 e. The van der Waals surface area contributed by atoms with Gasteiger partial charge in [0.15, 0.2) is 0 Å². The fraction of sp³-hybridized carbons (Fsp3) is 0.0909. The maximum atomic E-state index is 6.02. The van der Waals surface area contributed by atoms with Crippen molar-refractivity contribution in [3.8, 4) is 33.4 Å². The van der Waals surface area contributed by atoms with Crippen LogP contribution in [-0.2, 0) is 0 Å². The van der Waals surface area contributed by atoms with Crippen LogP contribution in [0.5, 0.6) is 0 Å². The van der Waals surface area contributed by atoms with Gasteiger partial charge in [0.25, 0.3) is 0 Å². The van der Waals surface area contributed by atoms with Crippen molar-refractivity contribution < 1.29 is 0 Å². The lowest BCUT2D eigenvalue weighted by Gasteiger charge is -2.30. The molecule has 0 bridgehead atoms. The number of allylic oxidation sites excluding steroid dienone is 1. The maximum Gasteiger partial charge on any atom is 0.0250 e. The Kier molecular flexibility index (Phi) is 6.32. The van der Waals surface area contributed by atoms with Gasteiger partial charge in [-0.15, -0.1) is 6.58 Å². The molecule has 2 N–H and O–H groups in total. The monoisotopic (exact) mass is 517 g/mol. The Morgan fingerprint density at radius 2 is 1.49 bits per heavy atom. The van der Waals surface area contributed by atoms with E-state index in [9.17, 15) is 0 Å². The SMILES string of the molecule is C=CC1C=c2c(ccc(Br)/c2=C/C)-c2c(-c3ccccc3)c(C)c(/C=C\N)c(-c3ccccc3)c21. The average molecular weight is 518 g/mol. The second-order valence-electron chi connectivity index (χ2n) is 8.81. The van der Waals surface area contributed by atoms with Crippen LogP contribution in [0.15, 0.2) is 96.1 Å². The molecule has 172 valence electrons. The van der Waals surface area contributed by atoms with Crippen molar-refractivity contribution in [2.24, 2.45) is 5.73 Å². The first kappa shape index (κ1) is 23.1. The number of halogens is 1. The van der Waals surface area contributed by atoms with Gasteiger partial charge in [0.2, 0.25) is 0 Å². The summed E-state index contributed by atoms with van der Waals surface area (Å²) in [4.78, 5) is 0. The molecule has 0 aliphatic heterocycles. The van der Waals surface area contributed by atoms with Gasteiger partial charge in [-0.25, -0.2) is 0 Å². The van der Waals surface area contributed by atoms with Crippen LogP contribution in [0.4, 0.5) is 0 Å². The van der Waals surface area contributed by atoms with Crippen LogP contribution in [0.3, 0.4) is 0 Å². The fourth-order valence-corrected chi connectivity index (χ4v) is 6.04. The summed E-state index contributed by atoms with van der Waals surface area (Å²) in [5, 5.41) is 2.46. The molecular weight excluding hydrogens is 490 g/mol. The number of rotatable bonds is 4. The third kappa shape index (κ3) is 3.79. The van der Waals surface area contributed by atoms with Crippen LogP contribution < -0.4 is 16.2 Å². The first-order chi connectivity index (χ1) is 17.1. The molecule has 1 aliphatic carbocycles. The van der Waals surface area contributed by atoms with Gasteiger partial charge in [-0.1, -0.05) is 101 Å². The Bertz CT molecular complexity index is 1580. The van der Waals surface area contributed by atoms with Crippen LogP contribution >= 0.6 is 15.9 Å². The molecule has 4 aromatic carbocycles. The minimum Gasteiger partial charge on any atom is -0.405 e. The lowest BCUT2D eigenvalue weighted by molar-refractivity contribution is 1.12. The molecule has 5 rings (SSSR count). The first-order valence-corrected chi connectivity index (χ1v) is 12.7. The molecule has 35 heavy (non-hydrogen) atoms. The number of nitrogens with two attached hydrogens (primary N) is 1. The van der Waals surface area contributed by atoms with Gasteiger partial charge in [0, 0.05) is 10.4 Å². The molecule has 1 unspecified atom stereocenters. The van der Waals surface area contributed by atoms with Crippen molar-refractivity contribution in [3.05, 3.63) is 123 Å². The summed E-state index contributed by atoms with van der Waals surface area (Å²) in [6.45, 7) is 8.59. The minimum atomic E-state index is 0.0497. The van der Waals surface area contributed by atoms with Gasteiger partial charge in [-0.2, -0.15) is 0 Å². The predicted octanol–water partition coefficient (Wildman–Crippen LogP) is 7.55. The molecule has 0 fully saturated rings. The van der Waals surface area contributed by atoms with Gasteiger partial charge in [0.1, 0.15) is 0 Å². The molecule has 0 saturated carbocycles. The summed E-state index contributed by atoms with van der Waals surface area (Å²) in [5.41, 5.74) is 17.0. The lowest BCUT2D eigenvalue weighted by atomic mass is 9.73. The normalized spacial score (nSPS) is 14.9. The Balaban J connectivity index is 2.08. The van der Waals surface area contributed by atoms with Crippen molar-refractivity contribution in [1.82, 2.24) is 0 Å². The molecule has 1 nitrogen and oxygen atoms in total. The topological polar surface area (TPSA) is 26.0 Å². The molecular formula is C33H28BrN. The molecule has 1 atom stereocenters. The highest BCUT2D eigenvalue weighted by atomic mass is 79.9. The van der Waals surface area contributed by atoms with Gasteiger partial charge >= 0.3 is 0 Å². The van der Waals surface area contributed by atoms with E-state index < -0.39 is 0 Å². The molecule has 0 spiro atoms. The van der Waals surface area contributed by atoms with Crippen molar-refractivity contribution in [1.29, 1.82) is 0 Å². The van der Waals surface area contributed by atoms with E-state index in [1.54, 1.807) is 6.20 Å². The summed E-state index contributed by atoms with van der Waals surface area (Å²) in [5.74, 6) is 0.0497. The summed E-state index contributed by atoms with van der Waals surface area (Å²) in [7, 11) is 0. The Hall–Kier alpha value is -3.62. The standard InChI is InChI=1S/C33H28BrN/c1-4-22-20-28-25(5-2)29(34)17-16-27(28)33-30(23-12-8-6-9-13-23)21(3)26(18-19-35)31(32(22)33)24-14-10-7-11-15-24/h4-20,22H,1,35H2,2-3H3/b19-18-,25-5+. The Labute approximate surface area is 215 Å². The van der Waals surface area contributed by atoms with Gasteiger partial charge in [0.05, 0.1) is 0 Å². The molecule has 0 heterocycles. The van der Waals surface area contributed by atoms with Crippen molar-refractivity contribution in [2.75, 3.05) is 0 Å². The maximum absolute atomic E-state index is 6.02. The minimum absolute atomic E-state index is 0.0497. The number of hydrogen-bond acceptors (Lipinski definition) is 1. The van der Waals surface area contributed by atoms with E-state index in [0.29, 0.717) is 0 Å². The van der Waals surface area contributed by atoms with Crippen molar-refractivity contribution >= 4 is 34.2 Å². The van der Waals surface area contributed by atoms with E-state index in [1.807, 2.05) is 6.08 Å². The van der Waals surface area contributed by atoms with Crippen molar-refractivity contribution in [3.63, 3.8) is 0 Å². The summed E-state index contributed by atoms with van der Waals surface area (Å²) >= 11 is 3.78. The summed E-state index contributed by atoms with van der Waals surface area (Å²) < 4.78 is 1.10. The van der Waals surface area contributed by atoms with E-state index in [4.69, 9.17) is 5.73 Å². The fourth-order valence-electron chi connectivity index (χ4n) is 5.46. The Morgan fingerprint density at radius 1 is 0.857 bits per heavy atom. The summed E-state index contributed by atoms with van der Waals surface area (Å²) in [6, 6.07) is 25.7. The highest BCUT2D eigenvalue weighted by molar-refractivity contribution is 9.10. The zero-order chi connectivity index (χ0) is 24.5. The van der Waals surface area contributed by atoms with Gasteiger partial charge < -0.3 is 5.73 Å². The third-order valence-electron chi connectivity index (χ3n) is 6.95. The molecule has 1 aliphatic rings. The van der Waals surface area contributed by atoms with Crippen LogP contribution in [0.2, 0.25) is 0 Å². The molecule has 0 amide bonds. The van der Waals surface area contributed by atoms with Crippen LogP contribution in [0, 0.1) is 6.92 Å². The average Bonchev–Trinajstić information content (AvgIpc) is 2.89. The molecule has 0 aromatic heterocycles. The van der Waals surface area contributed by atoms with Crippen LogP contribution in [0.25, 0.3) is 51.6 Å². The van der Waals surface area contributed by atoms with E-state index in [2.05, 4.69) is 127 Å². The van der Waals surface area contributed by atoms with E-state index in [1.165, 1.54) is 54.9 Å². The van der Waals surface area contributed by atoms with Crippen LogP contribution in [0.1, 0.15) is 29.5 Å². The second-order valence-corrected chi connectivity index (χ2v) is 9.66. The largest absolute Gasteiger partial charge is 0.405 e. The zero-order valence-corrected chi connectivity index (χ0v) is 21.6. The van der Waals surface area contributed by atoms with E-state index in [0.717, 1.165) is 10.0 Å². The number of fused-ring (bicyclic) bond motifs is 3. The highest BCUT2D eigenvalue weighted by Gasteiger charge is 2.29. The third-order valence-corrected chi connectivity index (χ3v) is 7.64. The lowest BCUT2D eigenvalue weighted by Crippen LogP contribution is -2.31. The first-order valence-electron chi connectivity index (χ1n) is 11.9. The molecule has 4 aromatic rings. The van der Waals surface area contributed by atoms with Gasteiger partial charge in [-0.05, 0) is 92.7 Å². The zero-order valence-electron chi connectivity index (χ0n) is 20.1. The van der Waals surface area contributed by atoms with E-state index >= 15 is 0 Å². The van der Waals surface area contributed by atoms with Crippen molar-refractivity contribution in [2.45, 2.75) is 19.8 Å². The molecule has 0 radical (unpaired) electrons. The quantitative estimate of drug-likeness (QED) is 0.278. The molecule has 2 heteroatoms.